The van der Waals surface area contributed by atoms with Crippen LogP contribution in [0.15, 0.2) is 91.0 Å². The maximum atomic E-state index is 12.8. The summed E-state index contributed by atoms with van der Waals surface area (Å²) in [4.78, 5) is 15.1. The van der Waals surface area contributed by atoms with Gasteiger partial charge in [-0.2, -0.15) is 10.4 Å². The molecule has 3 aromatic carbocycles. The van der Waals surface area contributed by atoms with Crippen LogP contribution < -0.4 is 10.1 Å². The summed E-state index contributed by atoms with van der Waals surface area (Å²) < 4.78 is 7.82. The minimum Gasteiger partial charge on any atom is -0.457 e. The highest BCUT2D eigenvalue weighted by molar-refractivity contribution is 5.93. The second-order valence-electron chi connectivity index (χ2n) is 9.75. The van der Waals surface area contributed by atoms with E-state index in [2.05, 4.69) is 28.4 Å². The average molecular weight is 490 g/mol. The summed E-state index contributed by atoms with van der Waals surface area (Å²) in [6.07, 6.45) is 0.936. The first-order valence-corrected chi connectivity index (χ1v) is 12.5. The zero-order valence-electron chi connectivity index (χ0n) is 20.4. The third-order valence-electron chi connectivity index (χ3n) is 7.35. The first kappa shape index (κ1) is 23.0. The zero-order valence-corrected chi connectivity index (χ0v) is 20.4. The lowest BCUT2D eigenvalue weighted by atomic mass is 9.75. The predicted molar refractivity (Wildman–Crippen MR) is 141 cm³/mol. The predicted octanol–water partition coefficient (Wildman–Crippen LogP) is 5.43. The first-order chi connectivity index (χ1) is 18.1. The summed E-state index contributed by atoms with van der Waals surface area (Å²) in [6, 6.07) is 32.1. The molecule has 2 aliphatic rings. The molecule has 1 spiro atoms. The van der Waals surface area contributed by atoms with Crippen LogP contribution in [0.4, 0.5) is 5.82 Å². The van der Waals surface area contributed by atoms with Gasteiger partial charge in [-0.15, -0.1) is 0 Å². The van der Waals surface area contributed by atoms with E-state index in [0.717, 1.165) is 35.8 Å². The molecule has 184 valence electrons. The number of rotatable bonds is 5. The number of hydrogen-bond acceptors (Lipinski definition) is 5. The van der Waals surface area contributed by atoms with Crippen molar-refractivity contribution in [2.24, 2.45) is 5.92 Å². The van der Waals surface area contributed by atoms with Gasteiger partial charge in [0, 0.05) is 31.3 Å². The quantitative estimate of drug-likeness (QED) is 0.404. The maximum absolute atomic E-state index is 12.8. The minimum atomic E-state index is -0.659. The molecule has 4 aromatic rings. The van der Waals surface area contributed by atoms with Gasteiger partial charge in [-0.25, -0.2) is 4.68 Å². The van der Waals surface area contributed by atoms with E-state index >= 15 is 0 Å². The lowest BCUT2D eigenvalue weighted by Crippen LogP contribution is -2.56. The summed E-state index contributed by atoms with van der Waals surface area (Å²) in [5.74, 6) is 1.73. The van der Waals surface area contributed by atoms with E-state index in [9.17, 15) is 10.1 Å². The second kappa shape index (κ2) is 9.57. The number of amides is 1. The highest BCUT2D eigenvalue weighted by atomic mass is 16.5. The Morgan fingerprint density at radius 2 is 1.70 bits per heavy atom. The number of nitriles is 1. The van der Waals surface area contributed by atoms with Crippen LogP contribution in [0.5, 0.6) is 11.5 Å². The Labute approximate surface area is 215 Å². The fourth-order valence-electron chi connectivity index (χ4n) is 5.47. The molecule has 6 rings (SSSR count). The van der Waals surface area contributed by atoms with Gasteiger partial charge in [0.2, 0.25) is 5.91 Å². The molecule has 1 aromatic heterocycles. The van der Waals surface area contributed by atoms with Crippen LogP contribution in [0, 0.1) is 17.2 Å². The lowest BCUT2D eigenvalue weighted by Gasteiger charge is -2.47. The number of para-hydroxylation sites is 1. The average Bonchev–Trinajstić information content (AvgIpc) is 3.36. The highest BCUT2D eigenvalue weighted by Gasteiger charge is 2.50. The molecule has 2 unspecified atom stereocenters. The van der Waals surface area contributed by atoms with Crippen molar-refractivity contribution in [1.29, 1.82) is 5.26 Å². The van der Waals surface area contributed by atoms with Crippen LogP contribution >= 0.6 is 0 Å². The fourth-order valence-corrected chi connectivity index (χ4v) is 5.47. The number of piperidine rings is 1. The van der Waals surface area contributed by atoms with Gasteiger partial charge in [-0.05, 0) is 48.4 Å². The van der Waals surface area contributed by atoms with E-state index in [1.54, 1.807) is 0 Å². The third kappa shape index (κ3) is 4.48. The van der Waals surface area contributed by atoms with E-state index in [1.165, 1.54) is 5.56 Å². The molecule has 1 saturated heterocycles. The number of hydrogen-bond donors (Lipinski definition) is 1. The third-order valence-corrected chi connectivity index (χ3v) is 7.35. The van der Waals surface area contributed by atoms with Crippen LogP contribution in [-0.4, -0.2) is 33.7 Å². The Balaban J connectivity index is 1.26. The molecule has 1 N–H and O–H groups in total. The topological polar surface area (TPSA) is 83.2 Å². The van der Waals surface area contributed by atoms with Crippen LogP contribution in [0.25, 0.3) is 11.3 Å². The Bertz CT molecular complexity index is 1440. The number of benzene rings is 3. The number of nitrogens with one attached hydrogen (secondary N) is 1. The van der Waals surface area contributed by atoms with E-state index in [1.807, 2.05) is 83.5 Å². The van der Waals surface area contributed by atoms with Crippen LogP contribution in [0.1, 0.15) is 18.4 Å². The zero-order chi connectivity index (χ0) is 25.2. The first-order valence-electron chi connectivity index (χ1n) is 12.5. The van der Waals surface area contributed by atoms with Crippen LogP contribution in [0.2, 0.25) is 0 Å². The maximum Gasteiger partial charge on any atom is 0.228 e. The fraction of sp³-hybridized carbons (Fsp3) is 0.233. The van der Waals surface area contributed by atoms with Crippen molar-refractivity contribution in [1.82, 2.24) is 14.7 Å². The van der Waals surface area contributed by atoms with Gasteiger partial charge in [-0.3, -0.25) is 9.69 Å². The molecule has 1 amide bonds. The van der Waals surface area contributed by atoms with Gasteiger partial charge in [0.25, 0.3) is 0 Å². The van der Waals surface area contributed by atoms with Crippen LogP contribution in [-0.2, 0) is 16.9 Å². The number of carbonyl (C=O) groups is 1. The number of carbonyl (C=O) groups excluding carboxylic acids is 1. The van der Waals surface area contributed by atoms with Gasteiger partial charge in [-0.1, -0.05) is 48.5 Å². The summed E-state index contributed by atoms with van der Waals surface area (Å²) in [7, 11) is 0. The molecule has 7 nitrogen and oxygen atoms in total. The van der Waals surface area contributed by atoms with Crippen molar-refractivity contribution in [2.45, 2.75) is 24.9 Å². The summed E-state index contributed by atoms with van der Waals surface area (Å²) in [5, 5.41) is 18.1. The van der Waals surface area contributed by atoms with Crippen molar-refractivity contribution in [3.63, 3.8) is 0 Å². The number of nitrogens with zero attached hydrogens (tertiary/aromatic N) is 4. The van der Waals surface area contributed by atoms with E-state index < -0.39 is 5.54 Å². The van der Waals surface area contributed by atoms with Gasteiger partial charge in [0.05, 0.1) is 29.6 Å². The molecule has 0 aliphatic carbocycles. The van der Waals surface area contributed by atoms with Crippen molar-refractivity contribution in [2.75, 3.05) is 18.4 Å². The van der Waals surface area contributed by atoms with E-state index in [4.69, 9.17) is 9.84 Å². The largest absolute Gasteiger partial charge is 0.457 e. The van der Waals surface area contributed by atoms with Gasteiger partial charge < -0.3 is 10.1 Å². The van der Waals surface area contributed by atoms with Crippen molar-refractivity contribution in [3.8, 4) is 28.8 Å². The van der Waals surface area contributed by atoms with Crippen molar-refractivity contribution >= 4 is 11.7 Å². The van der Waals surface area contributed by atoms with Crippen molar-refractivity contribution < 1.29 is 9.53 Å². The van der Waals surface area contributed by atoms with Gasteiger partial charge >= 0.3 is 0 Å². The molecule has 3 heterocycles. The molecule has 0 radical (unpaired) electrons. The molecular weight excluding hydrogens is 462 g/mol. The Morgan fingerprint density at radius 3 is 2.43 bits per heavy atom. The van der Waals surface area contributed by atoms with Crippen molar-refractivity contribution in [3.05, 3.63) is 96.6 Å². The molecular formula is C30H27N5O2. The molecule has 2 aliphatic heterocycles. The normalized spacial score (nSPS) is 21.2. The summed E-state index contributed by atoms with van der Waals surface area (Å²) >= 11 is 0. The van der Waals surface area contributed by atoms with Gasteiger partial charge in [0.15, 0.2) is 0 Å². The Kier molecular flexibility index (Phi) is 5.95. The van der Waals surface area contributed by atoms with Gasteiger partial charge in [0.1, 0.15) is 17.3 Å². The summed E-state index contributed by atoms with van der Waals surface area (Å²) in [6.45, 7) is 2.18. The second-order valence-corrected chi connectivity index (χ2v) is 9.75. The summed E-state index contributed by atoms with van der Waals surface area (Å²) in [5.41, 5.74) is 2.24. The molecule has 7 heteroatoms. The van der Waals surface area contributed by atoms with E-state index in [0.29, 0.717) is 18.8 Å². The highest BCUT2D eigenvalue weighted by Crippen LogP contribution is 2.44. The number of likely N-dealkylation sites (tertiary alicyclic amines) is 1. The smallest absolute Gasteiger partial charge is 0.228 e. The molecule has 1 fully saturated rings. The Hall–Kier alpha value is -4.41. The monoisotopic (exact) mass is 489 g/mol. The standard InChI is InChI=1S/C30H27N5O2/c31-19-24-21-34(20-22-7-3-1-4-8-22)16-15-30(24)18-29(36)32-28-17-27(33-35(28)30)23-11-13-26(14-12-23)37-25-9-5-2-6-10-25/h1-14,17,24H,15-16,18,20-21H2,(H,32,36). The minimum absolute atomic E-state index is 0.0673. The number of ether oxygens (including phenoxy) is 1. The van der Waals surface area contributed by atoms with Crippen LogP contribution in [0.3, 0.4) is 0 Å². The molecule has 0 bridgehead atoms. The molecule has 37 heavy (non-hydrogen) atoms. The SMILES string of the molecule is N#CC1CN(Cc2ccccc2)CCC12CC(=O)Nc1cc(-c3ccc(Oc4ccccc4)cc3)nn12. The number of fused-ring (bicyclic) bond motifs is 2. The lowest BCUT2D eigenvalue weighted by molar-refractivity contribution is -0.121. The number of aromatic nitrogens is 2. The van der Waals surface area contributed by atoms with E-state index in [-0.39, 0.29) is 18.2 Å². The molecule has 2 atom stereocenters. The molecule has 0 saturated carbocycles. The number of anilines is 1. The Morgan fingerprint density at radius 1 is 1.00 bits per heavy atom.